The van der Waals surface area contributed by atoms with Gasteiger partial charge in [0.1, 0.15) is 17.4 Å². The molecule has 22 heavy (non-hydrogen) atoms. The Kier molecular flexibility index (Phi) is 3.54. The second-order valence-corrected chi connectivity index (χ2v) is 5.38. The molecule has 1 atom stereocenters. The van der Waals surface area contributed by atoms with Crippen LogP contribution in [0.25, 0.3) is 0 Å². The first-order valence-corrected chi connectivity index (χ1v) is 7.14. The Morgan fingerprint density at radius 1 is 1.27 bits per heavy atom. The zero-order valence-corrected chi connectivity index (χ0v) is 12.6. The van der Waals surface area contributed by atoms with Crippen LogP contribution < -0.4 is 10.5 Å². The van der Waals surface area contributed by atoms with Gasteiger partial charge in [0.05, 0.1) is 12.3 Å². The van der Waals surface area contributed by atoms with Crippen molar-refractivity contribution in [3.8, 4) is 5.75 Å². The number of aliphatic hydroxyl groups is 1. The van der Waals surface area contributed by atoms with E-state index in [1.54, 1.807) is 25.1 Å². The molecule has 0 aliphatic carbocycles. The largest absolute Gasteiger partial charge is 0.493 e. The molecular weight excluding hydrogens is 307 g/mol. The Bertz CT molecular complexity index is 779. The van der Waals surface area contributed by atoms with Gasteiger partial charge in [-0.3, -0.25) is 0 Å². The van der Waals surface area contributed by atoms with E-state index < -0.39 is 11.4 Å². The van der Waals surface area contributed by atoms with Crippen molar-refractivity contribution >= 4 is 23.1 Å². The van der Waals surface area contributed by atoms with Gasteiger partial charge in [-0.05, 0) is 43.3 Å². The summed E-state index contributed by atoms with van der Waals surface area (Å²) < 4.78 is 19.2. The first kappa shape index (κ1) is 14.8. The first-order chi connectivity index (χ1) is 10.5. The summed E-state index contributed by atoms with van der Waals surface area (Å²) >= 11 is 6.01. The third-order valence-electron chi connectivity index (χ3n) is 3.59. The van der Waals surface area contributed by atoms with Crippen LogP contribution in [0, 0.1) is 5.82 Å². The molecule has 0 fully saturated rings. The molecule has 1 heterocycles. The maximum absolute atomic E-state index is 13.7. The van der Waals surface area contributed by atoms with Gasteiger partial charge in [0.2, 0.25) is 0 Å². The molecule has 0 amide bonds. The van der Waals surface area contributed by atoms with Crippen LogP contribution >= 0.6 is 11.6 Å². The maximum Gasteiger partial charge on any atom is 0.178 e. The van der Waals surface area contributed by atoms with Crippen LogP contribution in [0.3, 0.4) is 0 Å². The monoisotopic (exact) mass is 320 g/mol. The third kappa shape index (κ3) is 2.14. The molecule has 0 radical (unpaired) electrons. The van der Waals surface area contributed by atoms with Gasteiger partial charge in [-0.2, -0.15) is 0 Å². The van der Waals surface area contributed by atoms with Gasteiger partial charge in [-0.25, -0.2) is 9.38 Å². The lowest BCUT2D eigenvalue weighted by Crippen LogP contribution is -2.40. The Labute approximate surface area is 132 Å². The molecule has 2 aromatic rings. The van der Waals surface area contributed by atoms with E-state index in [0.29, 0.717) is 28.6 Å². The second kappa shape index (κ2) is 5.26. The van der Waals surface area contributed by atoms with Gasteiger partial charge in [0.25, 0.3) is 0 Å². The van der Waals surface area contributed by atoms with Crippen molar-refractivity contribution < 1.29 is 14.2 Å². The van der Waals surface area contributed by atoms with Gasteiger partial charge in [0, 0.05) is 16.1 Å². The third-order valence-corrected chi connectivity index (χ3v) is 3.83. The SMILES string of the molecule is CCOc1ccc(F)cc1[C@]1(O)C(N)=Nc2ccc(Cl)cc21. The lowest BCUT2D eigenvalue weighted by Gasteiger charge is -2.27. The predicted molar refractivity (Wildman–Crippen MR) is 83.3 cm³/mol. The molecule has 0 saturated carbocycles. The standard InChI is InChI=1S/C16H14ClFN2O2/c1-2-22-14-6-4-10(18)8-12(14)16(21)11-7-9(17)3-5-13(11)20-15(16)19/h3-8,21H,2H2,1H3,(H2,19,20)/t16-/m0/s1. The van der Waals surface area contributed by atoms with E-state index in [-0.39, 0.29) is 11.4 Å². The topological polar surface area (TPSA) is 67.8 Å². The lowest BCUT2D eigenvalue weighted by molar-refractivity contribution is 0.152. The molecule has 3 N–H and O–H groups in total. The minimum Gasteiger partial charge on any atom is -0.493 e. The highest BCUT2D eigenvalue weighted by molar-refractivity contribution is 6.30. The van der Waals surface area contributed by atoms with Gasteiger partial charge in [-0.15, -0.1) is 0 Å². The van der Waals surface area contributed by atoms with E-state index in [4.69, 9.17) is 22.1 Å². The molecule has 4 nitrogen and oxygen atoms in total. The van der Waals surface area contributed by atoms with Gasteiger partial charge in [0.15, 0.2) is 5.60 Å². The summed E-state index contributed by atoms with van der Waals surface area (Å²) in [6, 6.07) is 8.80. The number of hydrogen-bond acceptors (Lipinski definition) is 4. The number of aliphatic imine (C=N–C) groups is 1. The van der Waals surface area contributed by atoms with Crippen molar-refractivity contribution in [2.24, 2.45) is 10.7 Å². The Balaban J connectivity index is 2.26. The zero-order chi connectivity index (χ0) is 15.9. The molecule has 0 spiro atoms. The Morgan fingerprint density at radius 3 is 2.77 bits per heavy atom. The van der Waals surface area contributed by atoms with E-state index in [1.807, 2.05) is 0 Å². The number of nitrogens with zero attached hydrogens (tertiary/aromatic N) is 1. The van der Waals surface area contributed by atoms with Crippen molar-refractivity contribution in [2.45, 2.75) is 12.5 Å². The molecule has 1 aliphatic heterocycles. The summed E-state index contributed by atoms with van der Waals surface area (Å²) in [6.45, 7) is 2.17. The van der Waals surface area contributed by atoms with E-state index in [2.05, 4.69) is 4.99 Å². The molecule has 114 valence electrons. The summed E-state index contributed by atoms with van der Waals surface area (Å²) in [5.74, 6) is -0.205. The minimum atomic E-state index is -1.77. The number of halogens is 2. The number of fused-ring (bicyclic) bond motifs is 1. The van der Waals surface area contributed by atoms with E-state index in [0.717, 1.165) is 0 Å². The fourth-order valence-electron chi connectivity index (χ4n) is 2.59. The smallest absolute Gasteiger partial charge is 0.178 e. The highest BCUT2D eigenvalue weighted by Gasteiger charge is 2.44. The first-order valence-electron chi connectivity index (χ1n) is 6.76. The molecule has 0 saturated heterocycles. The van der Waals surface area contributed by atoms with E-state index in [1.165, 1.54) is 18.2 Å². The molecule has 0 aromatic heterocycles. The normalized spacial score (nSPS) is 19.7. The molecule has 2 aromatic carbocycles. The second-order valence-electron chi connectivity index (χ2n) is 4.94. The maximum atomic E-state index is 13.7. The number of ether oxygens (including phenoxy) is 1. The van der Waals surface area contributed by atoms with Crippen molar-refractivity contribution in [3.05, 3.63) is 58.4 Å². The Morgan fingerprint density at radius 2 is 2.05 bits per heavy atom. The molecular formula is C16H14ClFN2O2. The fraction of sp³-hybridized carbons (Fsp3) is 0.188. The van der Waals surface area contributed by atoms with Gasteiger partial charge < -0.3 is 15.6 Å². The minimum absolute atomic E-state index is 0.0451. The highest BCUT2D eigenvalue weighted by atomic mass is 35.5. The van der Waals surface area contributed by atoms with Crippen LogP contribution in [0.1, 0.15) is 18.1 Å². The number of benzene rings is 2. The van der Waals surface area contributed by atoms with Crippen LogP contribution in [0.2, 0.25) is 5.02 Å². The van der Waals surface area contributed by atoms with Gasteiger partial charge >= 0.3 is 0 Å². The van der Waals surface area contributed by atoms with E-state index in [9.17, 15) is 9.50 Å². The average molecular weight is 321 g/mol. The predicted octanol–water partition coefficient (Wildman–Crippen LogP) is 3.12. The van der Waals surface area contributed by atoms with Crippen molar-refractivity contribution in [2.75, 3.05) is 6.61 Å². The van der Waals surface area contributed by atoms with Crippen molar-refractivity contribution in [1.82, 2.24) is 0 Å². The molecule has 0 bridgehead atoms. The summed E-state index contributed by atoms with van der Waals surface area (Å²) in [6.07, 6.45) is 0. The lowest BCUT2D eigenvalue weighted by atomic mass is 9.85. The molecule has 0 unspecified atom stereocenters. The van der Waals surface area contributed by atoms with Crippen molar-refractivity contribution in [3.63, 3.8) is 0 Å². The summed E-state index contributed by atoms with van der Waals surface area (Å²) in [4.78, 5) is 4.16. The van der Waals surface area contributed by atoms with Crippen molar-refractivity contribution in [1.29, 1.82) is 0 Å². The number of amidine groups is 1. The number of nitrogens with two attached hydrogens (primary N) is 1. The fourth-order valence-corrected chi connectivity index (χ4v) is 2.77. The molecule has 6 heteroatoms. The Hall–Kier alpha value is -2.11. The van der Waals surface area contributed by atoms with Gasteiger partial charge in [-0.1, -0.05) is 11.6 Å². The summed E-state index contributed by atoms with van der Waals surface area (Å²) in [7, 11) is 0. The van der Waals surface area contributed by atoms with E-state index >= 15 is 0 Å². The van der Waals surface area contributed by atoms with Crippen LogP contribution in [0.5, 0.6) is 5.75 Å². The van der Waals surface area contributed by atoms with Crippen LogP contribution in [0.4, 0.5) is 10.1 Å². The zero-order valence-electron chi connectivity index (χ0n) is 11.8. The summed E-state index contributed by atoms with van der Waals surface area (Å²) in [5.41, 5.74) is 5.28. The van der Waals surface area contributed by atoms with Crippen LogP contribution in [-0.2, 0) is 5.60 Å². The molecule has 1 aliphatic rings. The van der Waals surface area contributed by atoms with Crippen LogP contribution in [-0.4, -0.2) is 17.5 Å². The highest BCUT2D eigenvalue weighted by Crippen LogP contribution is 2.45. The summed E-state index contributed by atoms with van der Waals surface area (Å²) in [5, 5.41) is 11.6. The number of rotatable bonds is 3. The quantitative estimate of drug-likeness (QED) is 0.913. The average Bonchev–Trinajstić information content (AvgIpc) is 2.74. The molecule has 3 rings (SSSR count). The number of hydrogen-bond donors (Lipinski definition) is 2. The van der Waals surface area contributed by atoms with Crippen LogP contribution in [0.15, 0.2) is 41.4 Å².